The van der Waals surface area contributed by atoms with Crippen LogP contribution in [0.3, 0.4) is 0 Å². The van der Waals surface area contributed by atoms with Gasteiger partial charge in [0.15, 0.2) is 0 Å². The van der Waals surface area contributed by atoms with Crippen molar-refractivity contribution in [2.45, 2.75) is 25.9 Å². The number of hydrogen-bond donors (Lipinski definition) is 1. The first-order chi connectivity index (χ1) is 10.3. The molecule has 3 heteroatoms. The van der Waals surface area contributed by atoms with Crippen LogP contribution in [0.1, 0.15) is 34.5 Å². The largest absolute Gasteiger partial charge is 0.320 e. The quantitative estimate of drug-likeness (QED) is 0.863. The van der Waals surface area contributed by atoms with Gasteiger partial charge in [-0.1, -0.05) is 30.0 Å². The van der Waals surface area contributed by atoms with Crippen molar-refractivity contribution in [1.82, 2.24) is 4.90 Å². The molecule has 0 spiro atoms. The summed E-state index contributed by atoms with van der Waals surface area (Å²) in [5, 5.41) is 2.21. The third-order valence-corrected chi connectivity index (χ3v) is 5.12. The average Bonchev–Trinajstić information content (AvgIpc) is 2.98. The van der Waals surface area contributed by atoms with Gasteiger partial charge in [-0.25, -0.2) is 0 Å². The summed E-state index contributed by atoms with van der Waals surface area (Å²) >= 11 is 1.89. The van der Waals surface area contributed by atoms with Crippen molar-refractivity contribution in [3.63, 3.8) is 0 Å². The molecule has 1 unspecified atom stereocenters. The van der Waals surface area contributed by atoms with Crippen LogP contribution in [0.5, 0.6) is 0 Å². The molecule has 0 fully saturated rings. The zero-order chi connectivity index (χ0) is 14.7. The minimum atomic E-state index is 0.409. The second kappa shape index (κ2) is 6.44. The molecule has 2 aromatic rings. The molecular weight excluding hydrogens is 276 g/mol. The fourth-order valence-corrected chi connectivity index (χ4v) is 3.89. The lowest BCUT2D eigenvalue weighted by Crippen LogP contribution is -2.32. The van der Waals surface area contributed by atoms with E-state index in [9.17, 15) is 0 Å². The maximum absolute atomic E-state index is 5.49. The fourth-order valence-electron chi connectivity index (χ4n) is 2.92. The summed E-state index contributed by atoms with van der Waals surface area (Å²) in [5.74, 6) is 6.16. The van der Waals surface area contributed by atoms with Crippen molar-refractivity contribution < 1.29 is 0 Å². The smallest absolute Gasteiger partial charge is 0.0555 e. The summed E-state index contributed by atoms with van der Waals surface area (Å²) in [7, 11) is 0. The van der Waals surface area contributed by atoms with E-state index >= 15 is 0 Å². The number of nitrogens with zero attached hydrogens (tertiary/aromatic N) is 1. The van der Waals surface area contributed by atoms with Crippen LogP contribution < -0.4 is 5.73 Å². The summed E-state index contributed by atoms with van der Waals surface area (Å²) in [4.78, 5) is 4.09. The van der Waals surface area contributed by atoms with Crippen molar-refractivity contribution in [3.8, 4) is 11.8 Å². The van der Waals surface area contributed by atoms with E-state index in [-0.39, 0.29) is 0 Å². The van der Waals surface area contributed by atoms with Gasteiger partial charge in [0.05, 0.1) is 6.54 Å². The third-order valence-electron chi connectivity index (χ3n) is 4.12. The van der Waals surface area contributed by atoms with E-state index in [1.54, 1.807) is 4.88 Å². The minimum absolute atomic E-state index is 0.409. The first kappa shape index (κ1) is 14.3. The van der Waals surface area contributed by atoms with Crippen LogP contribution in [0.25, 0.3) is 0 Å². The number of hydrogen-bond acceptors (Lipinski definition) is 3. The second-order valence-corrected chi connectivity index (χ2v) is 6.36. The van der Waals surface area contributed by atoms with Gasteiger partial charge in [-0.05, 0) is 42.0 Å². The Morgan fingerprint density at radius 2 is 2.19 bits per heavy atom. The number of benzene rings is 1. The highest BCUT2D eigenvalue weighted by Crippen LogP contribution is 2.33. The Morgan fingerprint density at radius 1 is 1.33 bits per heavy atom. The Labute approximate surface area is 130 Å². The molecule has 1 aromatic carbocycles. The summed E-state index contributed by atoms with van der Waals surface area (Å²) in [6, 6.07) is 11.2. The van der Waals surface area contributed by atoms with Gasteiger partial charge in [-0.15, -0.1) is 11.3 Å². The van der Waals surface area contributed by atoms with Gasteiger partial charge in [0.1, 0.15) is 0 Å². The molecule has 2 heterocycles. The van der Waals surface area contributed by atoms with Crippen molar-refractivity contribution in [3.05, 3.63) is 57.3 Å². The maximum Gasteiger partial charge on any atom is 0.0555 e. The lowest BCUT2D eigenvalue weighted by molar-refractivity contribution is 0.191. The average molecular weight is 296 g/mol. The number of fused-ring (bicyclic) bond motifs is 1. The molecule has 0 aliphatic carbocycles. The molecule has 0 bridgehead atoms. The molecule has 0 saturated heterocycles. The normalized spacial score (nSPS) is 17.9. The zero-order valence-corrected chi connectivity index (χ0v) is 13.1. The van der Waals surface area contributed by atoms with E-state index in [4.69, 9.17) is 5.73 Å². The van der Waals surface area contributed by atoms with Crippen molar-refractivity contribution >= 4 is 11.3 Å². The molecule has 0 radical (unpaired) electrons. The van der Waals surface area contributed by atoms with E-state index in [0.717, 1.165) is 25.1 Å². The summed E-state index contributed by atoms with van der Waals surface area (Å²) in [6.45, 7) is 4.78. The number of rotatable bonds is 2. The topological polar surface area (TPSA) is 29.3 Å². The van der Waals surface area contributed by atoms with Crippen LogP contribution in [-0.2, 0) is 13.0 Å². The third kappa shape index (κ3) is 3.03. The van der Waals surface area contributed by atoms with Gasteiger partial charge in [0, 0.05) is 29.6 Å². The Bertz CT molecular complexity index is 678. The summed E-state index contributed by atoms with van der Waals surface area (Å²) < 4.78 is 0. The standard InChI is InChI=1S/C18H20N2S/c1-14-17-9-12-21-18(17)8-11-20(14)13-16-6-3-2-5-15(16)7-4-10-19/h2-3,5-6,9,12,14H,8,10-11,13,19H2,1H3. The molecule has 1 aliphatic rings. The van der Waals surface area contributed by atoms with Gasteiger partial charge >= 0.3 is 0 Å². The highest BCUT2D eigenvalue weighted by atomic mass is 32.1. The zero-order valence-electron chi connectivity index (χ0n) is 12.3. The molecule has 1 aromatic heterocycles. The van der Waals surface area contributed by atoms with E-state index < -0.39 is 0 Å². The van der Waals surface area contributed by atoms with Gasteiger partial charge in [-0.3, -0.25) is 4.90 Å². The minimum Gasteiger partial charge on any atom is -0.320 e. The Morgan fingerprint density at radius 3 is 3.05 bits per heavy atom. The van der Waals surface area contributed by atoms with Crippen LogP contribution in [0.4, 0.5) is 0 Å². The van der Waals surface area contributed by atoms with Gasteiger partial charge < -0.3 is 5.73 Å². The Balaban J connectivity index is 1.82. The molecule has 1 aliphatic heterocycles. The lowest BCUT2D eigenvalue weighted by Gasteiger charge is -2.33. The van der Waals surface area contributed by atoms with Gasteiger partial charge in [-0.2, -0.15) is 0 Å². The van der Waals surface area contributed by atoms with Crippen LogP contribution in [0.2, 0.25) is 0 Å². The van der Waals surface area contributed by atoms with E-state index in [2.05, 4.69) is 53.3 Å². The molecule has 21 heavy (non-hydrogen) atoms. The first-order valence-corrected chi connectivity index (χ1v) is 8.24. The molecule has 3 rings (SSSR count). The molecule has 0 amide bonds. The molecule has 2 nitrogen and oxygen atoms in total. The first-order valence-electron chi connectivity index (χ1n) is 7.36. The molecule has 108 valence electrons. The predicted octanol–water partition coefficient (Wildman–Crippen LogP) is 3.18. The SMILES string of the molecule is CC1c2ccsc2CCN1Cc1ccccc1C#CCN. The summed E-state index contributed by atoms with van der Waals surface area (Å²) in [5.41, 5.74) is 9.39. The Hall–Kier alpha value is -1.60. The number of nitrogens with two attached hydrogens (primary N) is 1. The monoisotopic (exact) mass is 296 g/mol. The van der Waals surface area contributed by atoms with Crippen LogP contribution >= 0.6 is 11.3 Å². The predicted molar refractivity (Wildman–Crippen MR) is 89.2 cm³/mol. The highest BCUT2D eigenvalue weighted by Gasteiger charge is 2.24. The summed E-state index contributed by atoms with van der Waals surface area (Å²) in [6.07, 6.45) is 1.16. The van der Waals surface area contributed by atoms with Crippen molar-refractivity contribution in [2.75, 3.05) is 13.1 Å². The molecular formula is C18H20N2S. The van der Waals surface area contributed by atoms with Crippen LogP contribution in [-0.4, -0.2) is 18.0 Å². The maximum atomic E-state index is 5.49. The lowest BCUT2D eigenvalue weighted by atomic mass is 9.99. The van der Waals surface area contributed by atoms with Crippen LogP contribution in [0, 0.1) is 11.8 Å². The molecule has 1 atom stereocenters. The molecule has 0 saturated carbocycles. The second-order valence-electron chi connectivity index (χ2n) is 5.36. The number of thiophene rings is 1. The highest BCUT2D eigenvalue weighted by molar-refractivity contribution is 7.10. The van der Waals surface area contributed by atoms with Crippen molar-refractivity contribution in [2.24, 2.45) is 5.73 Å². The van der Waals surface area contributed by atoms with E-state index in [0.29, 0.717) is 12.6 Å². The molecule has 2 N–H and O–H groups in total. The van der Waals surface area contributed by atoms with E-state index in [1.165, 1.54) is 11.1 Å². The van der Waals surface area contributed by atoms with Crippen molar-refractivity contribution in [1.29, 1.82) is 0 Å². The fraction of sp³-hybridized carbons (Fsp3) is 0.333. The van der Waals surface area contributed by atoms with Crippen LogP contribution in [0.15, 0.2) is 35.7 Å². The Kier molecular flexibility index (Phi) is 4.40. The van der Waals surface area contributed by atoms with Gasteiger partial charge in [0.2, 0.25) is 0 Å². The van der Waals surface area contributed by atoms with E-state index in [1.807, 2.05) is 17.4 Å². The van der Waals surface area contributed by atoms with Gasteiger partial charge in [0.25, 0.3) is 0 Å².